The van der Waals surface area contributed by atoms with Crippen LogP contribution in [0.15, 0.2) is 40.9 Å². The Hall–Kier alpha value is -2.12. The van der Waals surface area contributed by atoms with Gasteiger partial charge in [-0.2, -0.15) is 0 Å². The first-order valence-corrected chi connectivity index (χ1v) is 9.07. The minimum atomic E-state index is -0.596. The van der Waals surface area contributed by atoms with E-state index in [1.54, 1.807) is 43.3 Å². The molecule has 0 aliphatic carbocycles. The number of nitrogens with one attached hydrogen (secondary N) is 3. The molecular formula is C17H12Cl4N4O2. The van der Waals surface area contributed by atoms with Crippen LogP contribution in [0.5, 0.6) is 0 Å². The van der Waals surface area contributed by atoms with Gasteiger partial charge in [0.15, 0.2) is 5.76 Å². The first-order chi connectivity index (χ1) is 12.9. The topological polar surface area (TPSA) is 79.2 Å². The van der Waals surface area contributed by atoms with Crippen LogP contribution in [0.3, 0.4) is 0 Å². The first-order valence-electron chi connectivity index (χ1n) is 7.56. The maximum absolute atomic E-state index is 12.3. The largest absolute Gasteiger partial charge is 0.359 e. The molecule has 0 saturated heterocycles. The molecule has 0 bridgehead atoms. The van der Waals surface area contributed by atoms with Crippen molar-refractivity contribution in [3.63, 3.8) is 0 Å². The quantitative estimate of drug-likeness (QED) is 0.405. The number of rotatable bonds is 4. The fraction of sp³-hybridized carbons (Fsp3) is 0.0588. The van der Waals surface area contributed by atoms with Crippen LogP contribution in [0.25, 0.3) is 11.3 Å². The Bertz CT molecular complexity index is 966. The third-order valence-corrected chi connectivity index (χ3v) is 4.82. The van der Waals surface area contributed by atoms with Gasteiger partial charge >= 0.3 is 6.03 Å². The van der Waals surface area contributed by atoms with E-state index in [-0.39, 0.29) is 0 Å². The number of para-hydroxylation sites is 1. The minimum absolute atomic E-state index is 0.314. The van der Waals surface area contributed by atoms with Crippen LogP contribution < -0.4 is 16.2 Å². The van der Waals surface area contributed by atoms with Crippen LogP contribution in [0.2, 0.25) is 20.1 Å². The highest BCUT2D eigenvalue weighted by Crippen LogP contribution is 2.39. The number of urea groups is 1. The van der Waals surface area contributed by atoms with E-state index in [9.17, 15) is 4.79 Å². The van der Waals surface area contributed by atoms with Crippen molar-refractivity contribution in [3.05, 3.63) is 62.2 Å². The van der Waals surface area contributed by atoms with Crippen LogP contribution in [0, 0.1) is 6.92 Å². The van der Waals surface area contributed by atoms with E-state index >= 15 is 0 Å². The van der Waals surface area contributed by atoms with E-state index < -0.39 is 6.03 Å². The van der Waals surface area contributed by atoms with Crippen LogP contribution in [-0.2, 0) is 0 Å². The van der Waals surface area contributed by atoms with Gasteiger partial charge in [0.2, 0.25) is 0 Å². The van der Waals surface area contributed by atoms with E-state index in [0.29, 0.717) is 48.5 Å². The second-order valence-electron chi connectivity index (χ2n) is 5.36. The zero-order valence-corrected chi connectivity index (χ0v) is 16.8. The van der Waals surface area contributed by atoms with E-state index in [4.69, 9.17) is 50.9 Å². The highest BCUT2D eigenvalue weighted by Gasteiger charge is 2.21. The summed E-state index contributed by atoms with van der Waals surface area (Å²) in [6.07, 6.45) is 0. The maximum atomic E-state index is 12.3. The number of hydrogen-bond donors (Lipinski definition) is 3. The second-order valence-corrected chi connectivity index (χ2v) is 6.99. The smallest absolute Gasteiger partial charge is 0.338 e. The van der Waals surface area contributed by atoms with Crippen molar-refractivity contribution in [2.75, 3.05) is 10.7 Å². The molecule has 0 saturated carbocycles. The highest BCUT2D eigenvalue weighted by molar-refractivity contribution is 6.40. The molecule has 2 amide bonds. The average Bonchev–Trinajstić information content (AvgIpc) is 2.95. The molecular weight excluding hydrogens is 434 g/mol. The zero-order chi connectivity index (χ0) is 19.6. The third kappa shape index (κ3) is 4.25. The highest BCUT2D eigenvalue weighted by atomic mass is 35.5. The summed E-state index contributed by atoms with van der Waals surface area (Å²) in [5.74, 6) is 0.381. The number of hydrogen-bond acceptors (Lipinski definition) is 4. The second kappa shape index (κ2) is 8.27. The summed E-state index contributed by atoms with van der Waals surface area (Å²) in [5, 5.41) is 8.07. The van der Waals surface area contributed by atoms with Crippen molar-refractivity contribution in [1.29, 1.82) is 0 Å². The van der Waals surface area contributed by atoms with E-state index in [1.165, 1.54) is 0 Å². The fourth-order valence-corrected chi connectivity index (χ4v) is 3.36. The summed E-state index contributed by atoms with van der Waals surface area (Å²) in [6, 6.07) is 9.40. The lowest BCUT2D eigenvalue weighted by Gasteiger charge is -2.13. The van der Waals surface area contributed by atoms with E-state index in [1.807, 2.05) is 0 Å². The molecule has 10 heteroatoms. The van der Waals surface area contributed by atoms with Gasteiger partial charge in [-0.15, -0.1) is 0 Å². The van der Waals surface area contributed by atoms with Gasteiger partial charge in [0.05, 0.1) is 25.8 Å². The number of hydrazine groups is 1. The summed E-state index contributed by atoms with van der Waals surface area (Å²) >= 11 is 24.5. The molecule has 27 heavy (non-hydrogen) atoms. The molecule has 0 unspecified atom stereocenters. The van der Waals surface area contributed by atoms with Crippen molar-refractivity contribution in [1.82, 2.24) is 10.6 Å². The molecule has 3 N–H and O–H groups in total. The molecule has 2 aromatic carbocycles. The Morgan fingerprint density at radius 1 is 0.926 bits per heavy atom. The van der Waals surface area contributed by atoms with Gasteiger partial charge in [-0.25, -0.2) is 4.79 Å². The summed E-state index contributed by atoms with van der Waals surface area (Å²) in [7, 11) is 0. The molecule has 3 aromatic rings. The Labute approximate surface area is 174 Å². The van der Waals surface area contributed by atoms with Crippen molar-refractivity contribution in [2.45, 2.75) is 6.92 Å². The van der Waals surface area contributed by atoms with Gasteiger partial charge in [-0.05, 0) is 31.2 Å². The Morgan fingerprint density at radius 2 is 1.48 bits per heavy atom. The predicted octanol–water partition coefficient (Wildman–Crippen LogP) is 6.41. The molecule has 0 atom stereocenters. The summed E-state index contributed by atoms with van der Waals surface area (Å²) < 4.78 is 5.19. The molecule has 6 nitrogen and oxygen atoms in total. The fourth-order valence-electron chi connectivity index (χ4n) is 2.30. The first kappa shape index (κ1) is 19.6. The number of aromatic nitrogens is 1. The molecule has 0 radical (unpaired) electrons. The van der Waals surface area contributed by atoms with Gasteiger partial charge < -0.3 is 9.84 Å². The predicted molar refractivity (Wildman–Crippen MR) is 109 cm³/mol. The number of carbonyl (C=O) groups excluding carboxylic acids is 1. The monoisotopic (exact) mass is 444 g/mol. The summed E-state index contributed by atoms with van der Waals surface area (Å²) in [4.78, 5) is 12.3. The molecule has 3 rings (SSSR count). The Balaban J connectivity index is 1.80. The van der Waals surface area contributed by atoms with E-state index in [0.717, 1.165) is 0 Å². The molecule has 0 spiro atoms. The summed E-state index contributed by atoms with van der Waals surface area (Å²) in [6.45, 7) is 1.65. The molecule has 0 aliphatic heterocycles. The molecule has 140 valence electrons. The van der Waals surface area contributed by atoms with Crippen molar-refractivity contribution in [2.24, 2.45) is 0 Å². The standard InChI is InChI=1S/C17H12Cl4N4O2/c1-8-14(16(25-27-8)13-9(18)4-2-5-10(13)19)22-17(26)24-23-15-11(20)6-3-7-12(15)21/h2-7,23H,1H3,(H2,22,24,26). The van der Waals surface area contributed by atoms with Gasteiger partial charge in [-0.1, -0.05) is 63.7 Å². The van der Waals surface area contributed by atoms with E-state index in [2.05, 4.69) is 21.3 Å². The maximum Gasteiger partial charge on any atom is 0.338 e. The SMILES string of the molecule is Cc1onc(-c2c(Cl)cccc2Cl)c1NC(=O)NNc1c(Cl)cccc1Cl. The van der Waals surface area contributed by atoms with Crippen LogP contribution in [0.4, 0.5) is 16.2 Å². The molecule has 1 heterocycles. The summed E-state index contributed by atoms with van der Waals surface area (Å²) in [5.41, 5.74) is 6.58. The van der Waals surface area contributed by atoms with Gasteiger partial charge in [0.1, 0.15) is 11.4 Å². The van der Waals surface area contributed by atoms with Crippen molar-refractivity contribution in [3.8, 4) is 11.3 Å². The van der Waals surface area contributed by atoms with Gasteiger partial charge in [0, 0.05) is 5.56 Å². The third-order valence-electron chi connectivity index (χ3n) is 3.56. The number of carbonyl (C=O) groups is 1. The van der Waals surface area contributed by atoms with Gasteiger partial charge in [-0.3, -0.25) is 10.9 Å². The van der Waals surface area contributed by atoms with Crippen LogP contribution in [-0.4, -0.2) is 11.2 Å². The molecule has 0 aliphatic rings. The van der Waals surface area contributed by atoms with Crippen molar-refractivity contribution < 1.29 is 9.32 Å². The average molecular weight is 446 g/mol. The lowest BCUT2D eigenvalue weighted by atomic mass is 10.1. The zero-order valence-electron chi connectivity index (χ0n) is 13.7. The number of anilines is 2. The lowest BCUT2D eigenvalue weighted by Crippen LogP contribution is -2.34. The normalized spacial score (nSPS) is 10.6. The Kier molecular flexibility index (Phi) is 6.01. The van der Waals surface area contributed by atoms with Crippen LogP contribution in [0.1, 0.15) is 5.76 Å². The lowest BCUT2D eigenvalue weighted by molar-refractivity contribution is 0.254. The van der Waals surface area contributed by atoms with Gasteiger partial charge in [0.25, 0.3) is 0 Å². The number of aryl methyl sites for hydroxylation is 1. The number of benzene rings is 2. The van der Waals surface area contributed by atoms with Crippen LogP contribution >= 0.6 is 46.4 Å². The number of halogens is 4. The van der Waals surface area contributed by atoms with Crippen molar-refractivity contribution >= 4 is 63.8 Å². The Morgan fingerprint density at radius 3 is 2.07 bits per heavy atom. The number of nitrogens with zero attached hydrogens (tertiary/aromatic N) is 1. The number of amides is 2. The minimum Gasteiger partial charge on any atom is -0.359 e. The molecule has 0 fully saturated rings. The molecule has 1 aromatic heterocycles.